The van der Waals surface area contributed by atoms with Crippen molar-refractivity contribution in [3.63, 3.8) is 0 Å². The molecule has 0 spiro atoms. The fraction of sp³-hybridized carbons (Fsp3) is 0.250. The highest BCUT2D eigenvalue weighted by molar-refractivity contribution is 7.47. The Bertz CT molecular complexity index is 1500. The molecule has 1 aromatic heterocycles. The van der Waals surface area contributed by atoms with Crippen LogP contribution in [-0.4, -0.2) is 36.7 Å². The quantitative estimate of drug-likeness (QED) is 0.325. The SMILES string of the molecule is COc1cc(/C=C2/C(C)=C(CC(=O)NCc3cccn3C)c3cc(F)ccc32)cc(OC)c1OP(=O)(O)OC. The second-order valence-electron chi connectivity index (χ2n) is 8.91. The summed E-state index contributed by atoms with van der Waals surface area (Å²) in [6.45, 7) is 2.27. The average Bonchev–Trinajstić information content (AvgIpc) is 3.43. The van der Waals surface area contributed by atoms with Gasteiger partial charge in [0.25, 0.3) is 0 Å². The van der Waals surface area contributed by atoms with Gasteiger partial charge in [0.15, 0.2) is 11.5 Å². The van der Waals surface area contributed by atoms with Gasteiger partial charge in [0.1, 0.15) is 5.82 Å². The average molecular weight is 557 g/mol. The molecule has 0 saturated heterocycles. The molecule has 0 bridgehead atoms. The van der Waals surface area contributed by atoms with E-state index in [2.05, 4.69) is 9.84 Å². The number of halogens is 1. The maximum atomic E-state index is 14.3. The van der Waals surface area contributed by atoms with Crippen LogP contribution in [0.25, 0.3) is 17.2 Å². The molecule has 3 aromatic rings. The predicted octanol–water partition coefficient (Wildman–Crippen LogP) is 5.34. The van der Waals surface area contributed by atoms with Gasteiger partial charge in [0.05, 0.1) is 27.2 Å². The van der Waals surface area contributed by atoms with Gasteiger partial charge >= 0.3 is 7.82 Å². The number of benzene rings is 2. The van der Waals surface area contributed by atoms with E-state index in [1.807, 2.05) is 42.9 Å². The van der Waals surface area contributed by atoms with Crippen LogP contribution < -0.4 is 19.3 Å². The number of methoxy groups -OCH3 is 2. The standard InChI is InChI=1S/C28H30FN2O7P/c1-17-22(11-18-12-25(35-3)28(26(13-18)36-4)38-39(33,34)37-5)21-9-8-19(29)14-24(21)23(17)15-27(32)30-16-20-7-6-10-31(20)2/h6-14H,15-16H2,1-5H3,(H,30,32)(H,33,34)/b22-11-. The fourth-order valence-corrected chi connectivity index (χ4v) is 4.95. The summed E-state index contributed by atoms with van der Waals surface area (Å²) in [5, 5.41) is 2.94. The summed E-state index contributed by atoms with van der Waals surface area (Å²) in [6.07, 6.45) is 3.83. The van der Waals surface area contributed by atoms with E-state index in [-0.39, 0.29) is 29.6 Å². The molecule has 1 aliphatic rings. The number of phosphoric ester groups is 1. The Morgan fingerprint density at radius 3 is 2.38 bits per heavy atom. The minimum absolute atomic E-state index is 0.0757. The molecule has 39 heavy (non-hydrogen) atoms. The number of carbonyl (C=O) groups excluding carboxylic acids is 1. The second kappa shape index (κ2) is 11.5. The van der Waals surface area contributed by atoms with E-state index in [9.17, 15) is 18.6 Å². The first-order valence-electron chi connectivity index (χ1n) is 12.0. The molecule has 4 rings (SSSR count). The number of aromatic nitrogens is 1. The summed E-state index contributed by atoms with van der Waals surface area (Å²) < 4.78 is 48.7. The van der Waals surface area contributed by atoms with E-state index >= 15 is 0 Å². The molecular weight excluding hydrogens is 526 g/mol. The number of carbonyl (C=O) groups is 1. The predicted molar refractivity (Wildman–Crippen MR) is 146 cm³/mol. The van der Waals surface area contributed by atoms with E-state index < -0.39 is 13.6 Å². The van der Waals surface area contributed by atoms with Crippen LogP contribution in [0, 0.1) is 5.82 Å². The third kappa shape index (κ3) is 6.09. The van der Waals surface area contributed by atoms with E-state index in [0.717, 1.165) is 35.1 Å². The van der Waals surface area contributed by atoms with Gasteiger partial charge in [-0.1, -0.05) is 6.07 Å². The summed E-state index contributed by atoms with van der Waals surface area (Å²) >= 11 is 0. The molecule has 1 heterocycles. The monoisotopic (exact) mass is 556 g/mol. The summed E-state index contributed by atoms with van der Waals surface area (Å²) in [5.41, 5.74) is 5.34. The molecule has 0 fully saturated rings. The summed E-state index contributed by atoms with van der Waals surface area (Å²) in [5.74, 6) is -0.385. The van der Waals surface area contributed by atoms with Crippen LogP contribution >= 0.6 is 7.82 Å². The lowest BCUT2D eigenvalue weighted by atomic mass is 10.00. The van der Waals surface area contributed by atoms with Crippen molar-refractivity contribution in [1.29, 1.82) is 0 Å². The van der Waals surface area contributed by atoms with Gasteiger partial charge in [-0.3, -0.25) is 14.2 Å². The summed E-state index contributed by atoms with van der Waals surface area (Å²) in [4.78, 5) is 22.7. The van der Waals surface area contributed by atoms with Crippen LogP contribution in [0.4, 0.5) is 4.39 Å². The maximum absolute atomic E-state index is 14.3. The molecule has 11 heteroatoms. The Morgan fingerprint density at radius 2 is 1.79 bits per heavy atom. The van der Waals surface area contributed by atoms with Crippen molar-refractivity contribution in [3.8, 4) is 17.2 Å². The highest BCUT2D eigenvalue weighted by atomic mass is 31.2. The van der Waals surface area contributed by atoms with Crippen LogP contribution in [0.2, 0.25) is 0 Å². The molecule has 9 nitrogen and oxygen atoms in total. The molecular formula is C28H30FN2O7P. The van der Waals surface area contributed by atoms with Gasteiger partial charge in [0.2, 0.25) is 11.7 Å². The Hall–Kier alpha value is -3.85. The van der Waals surface area contributed by atoms with Gasteiger partial charge in [-0.15, -0.1) is 0 Å². The molecule has 0 radical (unpaired) electrons. The van der Waals surface area contributed by atoms with Crippen molar-refractivity contribution in [2.24, 2.45) is 7.05 Å². The molecule has 0 saturated carbocycles. The van der Waals surface area contributed by atoms with Crippen LogP contribution in [0.1, 0.15) is 35.7 Å². The molecule has 0 aliphatic heterocycles. The van der Waals surface area contributed by atoms with Crippen molar-refractivity contribution in [3.05, 3.63) is 82.4 Å². The van der Waals surface area contributed by atoms with Crippen LogP contribution in [0.3, 0.4) is 0 Å². The Labute approximate surface area is 226 Å². The van der Waals surface area contributed by atoms with Gasteiger partial charge in [-0.2, -0.15) is 0 Å². The first kappa shape index (κ1) is 28.2. The molecule has 1 aliphatic carbocycles. The van der Waals surface area contributed by atoms with Gasteiger partial charge in [-0.05, 0) is 82.8 Å². The number of nitrogens with one attached hydrogen (secondary N) is 1. The zero-order valence-corrected chi connectivity index (χ0v) is 23.2. The Balaban J connectivity index is 1.71. The smallest absolute Gasteiger partial charge is 0.493 e. The van der Waals surface area contributed by atoms with Crippen LogP contribution in [0.15, 0.2) is 54.2 Å². The molecule has 2 aromatic carbocycles. The van der Waals surface area contributed by atoms with Crippen LogP contribution in [-0.2, 0) is 27.5 Å². The number of hydrogen-bond donors (Lipinski definition) is 2. The number of rotatable bonds is 10. The van der Waals surface area contributed by atoms with Gasteiger partial charge in [0, 0.05) is 26.0 Å². The van der Waals surface area contributed by atoms with E-state index in [0.29, 0.717) is 17.7 Å². The first-order chi connectivity index (χ1) is 18.6. The Morgan fingerprint density at radius 1 is 1.10 bits per heavy atom. The zero-order chi connectivity index (χ0) is 28.3. The molecule has 1 atom stereocenters. The van der Waals surface area contributed by atoms with Crippen molar-refractivity contribution in [1.82, 2.24) is 9.88 Å². The lowest BCUT2D eigenvalue weighted by Crippen LogP contribution is -2.23. The molecule has 1 unspecified atom stereocenters. The van der Waals surface area contributed by atoms with E-state index in [1.54, 1.807) is 18.2 Å². The Kier molecular flexibility index (Phi) is 8.30. The van der Waals surface area contributed by atoms with Crippen molar-refractivity contribution >= 4 is 31.0 Å². The molecule has 1 amide bonds. The van der Waals surface area contributed by atoms with E-state index in [4.69, 9.17) is 14.0 Å². The number of nitrogens with zero attached hydrogens (tertiary/aromatic N) is 1. The number of amides is 1. The number of ether oxygens (including phenoxy) is 2. The minimum atomic E-state index is -4.38. The normalized spacial score (nSPS) is 15.2. The topological polar surface area (TPSA) is 108 Å². The van der Waals surface area contributed by atoms with Gasteiger partial charge in [-0.25, -0.2) is 8.96 Å². The highest BCUT2D eigenvalue weighted by Gasteiger charge is 2.28. The number of aryl methyl sites for hydroxylation is 1. The molecule has 2 N–H and O–H groups in total. The third-order valence-electron chi connectivity index (χ3n) is 6.54. The molecule has 206 valence electrons. The third-order valence-corrected chi connectivity index (χ3v) is 7.41. The first-order valence-corrected chi connectivity index (χ1v) is 13.5. The van der Waals surface area contributed by atoms with E-state index in [1.165, 1.54) is 26.4 Å². The lowest BCUT2D eigenvalue weighted by molar-refractivity contribution is -0.120. The second-order valence-corrected chi connectivity index (χ2v) is 10.4. The highest BCUT2D eigenvalue weighted by Crippen LogP contribution is 2.51. The minimum Gasteiger partial charge on any atom is -0.493 e. The fourth-order valence-electron chi connectivity index (χ4n) is 4.47. The lowest BCUT2D eigenvalue weighted by Gasteiger charge is -2.17. The zero-order valence-electron chi connectivity index (χ0n) is 22.3. The summed E-state index contributed by atoms with van der Waals surface area (Å²) in [6, 6.07) is 11.6. The maximum Gasteiger partial charge on any atom is 0.527 e. The number of hydrogen-bond acceptors (Lipinski definition) is 6. The van der Waals surface area contributed by atoms with Crippen molar-refractivity contribution in [2.75, 3.05) is 21.3 Å². The number of allylic oxidation sites excluding steroid dienone is 2. The number of fused-ring (bicyclic) bond motifs is 1. The number of phosphoric acid groups is 1. The van der Waals surface area contributed by atoms with Crippen molar-refractivity contribution < 1.29 is 37.2 Å². The van der Waals surface area contributed by atoms with Crippen LogP contribution in [0.5, 0.6) is 17.2 Å². The summed E-state index contributed by atoms with van der Waals surface area (Å²) in [7, 11) is 1.35. The van der Waals surface area contributed by atoms with Gasteiger partial charge < -0.3 is 23.9 Å². The van der Waals surface area contributed by atoms with Crippen molar-refractivity contribution in [2.45, 2.75) is 19.9 Å². The largest absolute Gasteiger partial charge is 0.527 e.